The van der Waals surface area contributed by atoms with Crippen LogP contribution in [-0.2, 0) is 22.0 Å². The number of carbonyl (C=O) groups is 1. The zero-order chi connectivity index (χ0) is 16.4. The van der Waals surface area contributed by atoms with Crippen molar-refractivity contribution in [3.05, 3.63) is 28.8 Å². The van der Waals surface area contributed by atoms with Gasteiger partial charge in [-0.05, 0) is 23.3 Å². The van der Waals surface area contributed by atoms with Gasteiger partial charge >= 0.3 is 0 Å². The summed E-state index contributed by atoms with van der Waals surface area (Å²) in [5, 5.41) is 11.0. The van der Waals surface area contributed by atoms with Gasteiger partial charge < -0.3 is 14.6 Å². The molecule has 0 bridgehead atoms. The van der Waals surface area contributed by atoms with Crippen LogP contribution in [0.1, 0.15) is 65.2 Å². The Morgan fingerprint density at radius 3 is 1.76 bits per heavy atom. The van der Waals surface area contributed by atoms with Crippen LogP contribution in [0.25, 0.3) is 0 Å². The van der Waals surface area contributed by atoms with Gasteiger partial charge in [0.1, 0.15) is 5.75 Å². The number of benzene rings is 1. The first-order valence-corrected chi connectivity index (χ1v) is 7.47. The second-order valence-corrected chi connectivity index (χ2v) is 7.50. The minimum Gasteiger partial charge on any atom is -0.550 e. The van der Waals surface area contributed by atoms with Crippen molar-refractivity contribution in [1.82, 2.24) is 0 Å². The van der Waals surface area contributed by atoms with E-state index < -0.39 is 5.97 Å². The number of carboxylic acid groups (broad SMARTS) is 1. The minimum atomic E-state index is -1.06. The molecule has 3 nitrogen and oxygen atoms in total. The second kappa shape index (κ2) is 6.08. The van der Waals surface area contributed by atoms with E-state index in [1.807, 2.05) is 19.1 Å². The first-order valence-electron chi connectivity index (χ1n) is 7.47. The maximum absolute atomic E-state index is 11.0. The molecule has 0 radical (unpaired) electrons. The third-order valence-electron chi connectivity index (χ3n) is 3.40. The summed E-state index contributed by atoms with van der Waals surface area (Å²) in [5.74, 6) is -0.168. The third kappa shape index (κ3) is 4.48. The molecular weight excluding hydrogens is 264 g/mol. The summed E-state index contributed by atoms with van der Waals surface area (Å²) >= 11 is 0. The topological polar surface area (TPSA) is 49.4 Å². The summed E-state index contributed by atoms with van der Waals surface area (Å²) in [7, 11) is 0. The predicted molar refractivity (Wildman–Crippen MR) is 83.7 cm³/mol. The smallest absolute Gasteiger partial charge is 0.126 e. The van der Waals surface area contributed by atoms with Crippen LogP contribution in [0.15, 0.2) is 12.1 Å². The number of aliphatic carboxylic acids is 1. The lowest BCUT2D eigenvalue weighted by atomic mass is 9.78. The molecule has 1 aromatic rings. The van der Waals surface area contributed by atoms with Crippen molar-refractivity contribution in [2.75, 3.05) is 6.61 Å². The molecule has 0 saturated carbocycles. The molecule has 0 heterocycles. The van der Waals surface area contributed by atoms with Gasteiger partial charge in [0, 0.05) is 23.5 Å². The number of rotatable bonds is 4. The monoisotopic (exact) mass is 291 g/mol. The molecule has 21 heavy (non-hydrogen) atoms. The van der Waals surface area contributed by atoms with Gasteiger partial charge in [0.15, 0.2) is 0 Å². The van der Waals surface area contributed by atoms with Crippen molar-refractivity contribution >= 4 is 5.97 Å². The van der Waals surface area contributed by atoms with Crippen LogP contribution in [0, 0.1) is 0 Å². The fraction of sp³-hybridized carbons (Fsp3) is 0.611. The highest BCUT2D eigenvalue weighted by Crippen LogP contribution is 2.40. The number of carboxylic acids is 1. The molecule has 0 aromatic heterocycles. The van der Waals surface area contributed by atoms with Crippen molar-refractivity contribution in [2.24, 2.45) is 0 Å². The van der Waals surface area contributed by atoms with Gasteiger partial charge in [0.25, 0.3) is 0 Å². The number of hydrogen-bond donors (Lipinski definition) is 0. The summed E-state index contributed by atoms with van der Waals surface area (Å²) in [4.78, 5) is 11.0. The van der Waals surface area contributed by atoms with Gasteiger partial charge in [-0.2, -0.15) is 0 Å². The van der Waals surface area contributed by atoms with E-state index in [1.54, 1.807) is 0 Å². The van der Waals surface area contributed by atoms with Gasteiger partial charge in [-0.15, -0.1) is 0 Å². The van der Waals surface area contributed by atoms with Crippen LogP contribution >= 0.6 is 0 Å². The molecular formula is C18H27O3-. The standard InChI is InChI=1S/C18H28O3/c1-8-21-16-13(17(2,3)4)9-12(11-15(19)20)10-14(16)18(5,6)7/h9-10H,8,11H2,1-7H3,(H,19,20)/p-1. The minimum absolute atomic E-state index is 0.0709. The fourth-order valence-corrected chi connectivity index (χ4v) is 2.37. The van der Waals surface area contributed by atoms with E-state index in [4.69, 9.17) is 4.74 Å². The first-order chi connectivity index (χ1) is 9.46. The quantitative estimate of drug-likeness (QED) is 0.857. The molecule has 0 aliphatic rings. The molecule has 1 aromatic carbocycles. The third-order valence-corrected chi connectivity index (χ3v) is 3.40. The SMILES string of the molecule is CCOc1c(C(C)(C)C)cc(CC(=O)[O-])cc1C(C)(C)C. The normalized spacial score (nSPS) is 12.3. The van der Waals surface area contributed by atoms with Gasteiger partial charge in [-0.25, -0.2) is 0 Å². The Hall–Kier alpha value is -1.51. The maximum Gasteiger partial charge on any atom is 0.126 e. The molecule has 0 amide bonds. The Balaban J connectivity index is 3.61. The lowest BCUT2D eigenvalue weighted by Gasteiger charge is -2.30. The van der Waals surface area contributed by atoms with Crippen molar-refractivity contribution in [3.8, 4) is 5.75 Å². The van der Waals surface area contributed by atoms with E-state index in [2.05, 4.69) is 41.5 Å². The Labute approximate surface area is 128 Å². The average Bonchev–Trinajstić information content (AvgIpc) is 2.27. The van der Waals surface area contributed by atoms with Crippen molar-refractivity contribution < 1.29 is 14.6 Å². The molecule has 0 spiro atoms. The summed E-state index contributed by atoms with van der Waals surface area (Å²) in [6.07, 6.45) is -0.0709. The van der Waals surface area contributed by atoms with Gasteiger partial charge in [-0.1, -0.05) is 53.7 Å². The van der Waals surface area contributed by atoms with Crippen molar-refractivity contribution in [3.63, 3.8) is 0 Å². The van der Waals surface area contributed by atoms with E-state index in [0.29, 0.717) is 6.61 Å². The molecule has 0 fully saturated rings. The molecule has 118 valence electrons. The van der Waals surface area contributed by atoms with E-state index in [9.17, 15) is 9.90 Å². The highest BCUT2D eigenvalue weighted by atomic mass is 16.5. The average molecular weight is 291 g/mol. The van der Waals surface area contributed by atoms with E-state index in [-0.39, 0.29) is 17.3 Å². The largest absolute Gasteiger partial charge is 0.550 e. The molecule has 0 N–H and O–H groups in total. The fourth-order valence-electron chi connectivity index (χ4n) is 2.37. The Morgan fingerprint density at radius 1 is 1.05 bits per heavy atom. The van der Waals surface area contributed by atoms with Gasteiger partial charge in [0.2, 0.25) is 0 Å². The predicted octanol–water partition coefficient (Wildman–Crippen LogP) is 2.97. The zero-order valence-corrected chi connectivity index (χ0v) is 14.3. The lowest BCUT2D eigenvalue weighted by molar-refractivity contribution is -0.304. The van der Waals surface area contributed by atoms with Crippen LogP contribution in [0.2, 0.25) is 0 Å². The molecule has 1 rings (SSSR count). The Bertz CT molecular complexity index is 481. The van der Waals surface area contributed by atoms with Gasteiger partial charge in [-0.3, -0.25) is 0 Å². The van der Waals surface area contributed by atoms with E-state index in [0.717, 1.165) is 22.4 Å². The summed E-state index contributed by atoms with van der Waals surface area (Å²) in [6.45, 7) is 15.2. The lowest BCUT2D eigenvalue weighted by Crippen LogP contribution is -2.26. The summed E-state index contributed by atoms with van der Waals surface area (Å²) in [5.41, 5.74) is 2.63. The Morgan fingerprint density at radius 2 is 1.48 bits per heavy atom. The highest BCUT2D eigenvalue weighted by molar-refractivity contribution is 5.69. The van der Waals surface area contributed by atoms with Crippen molar-refractivity contribution in [2.45, 2.75) is 65.7 Å². The van der Waals surface area contributed by atoms with Crippen LogP contribution < -0.4 is 9.84 Å². The van der Waals surface area contributed by atoms with E-state index >= 15 is 0 Å². The maximum atomic E-state index is 11.0. The van der Waals surface area contributed by atoms with Crippen LogP contribution in [0.4, 0.5) is 0 Å². The molecule has 0 saturated heterocycles. The van der Waals surface area contributed by atoms with E-state index in [1.165, 1.54) is 0 Å². The van der Waals surface area contributed by atoms with Crippen LogP contribution in [0.5, 0.6) is 5.75 Å². The summed E-state index contributed by atoms with van der Waals surface area (Å²) in [6, 6.07) is 3.88. The first kappa shape index (κ1) is 17.5. The Kier molecular flexibility index (Phi) is 5.08. The molecule has 0 unspecified atom stereocenters. The van der Waals surface area contributed by atoms with Gasteiger partial charge in [0.05, 0.1) is 6.61 Å². The zero-order valence-electron chi connectivity index (χ0n) is 14.3. The highest BCUT2D eigenvalue weighted by Gasteiger charge is 2.27. The van der Waals surface area contributed by atoms with Crippen LogP contribution in [-0.4, -0.2) is 12.6 Å². The van der Waals surface area contributed by atoms with Crippen LogP contribution in [0.3, 0.4) is 0 Å². The molecule has 0 aliphatic carbocycles. The molecule has 0 atom stereocenters. The molecule has 3 heteroatoms. The molecule has 0 aliphatic heterocycles. The van der Waals surface area contributed by atoms with Crippen molar-refractivity contribution in [1.29, 1.82) is 0 Å². The number of carbonyl (C=O) groups excluding carboxylic acids is 1. The summed E-state index contributed by atoms with van der Waals surface area (Å²) < 4.78 is 5.92. The number of ether oxygens (including phenoxy) is 1. The second-order valence-electron chi connectivity index (χ2n) is 7.50. The number of hydrogen-bond acceptors (Lipinski definition) is 3.